The van der Waals surface area contributed by atoms with Crippen LogP contribution >= 0.6 is 0 Å². The third-order valence-electron chi connectivity index (χ3n) is 4.99. The molecule has 0 saturated heterocycles. The number of carbonyl (C=O) groups is 2. The van der Waals surface area contributed by atoms with Gasteiger partial charge in [0.1, 0.15) is 11.6 Å². The van der Waals surface area contributed by atoms with E-state index in [4.69, 9.17) is 9.47 Å². The molecule has 4 nitrogen and oxygen atoms in total. The predicted molar refractivity (Wildman–Crippen MR) is 94.8 cm³/mol. The third-order valence-corrected chi connectivity index (χ3v) is 4.99. The van der Waals surface area contributed by atoms with Crippen LogP contribution in [-0.4, -0.2) is 25.5 Å². The Morgan fingerprint density at radius 2 is 1.69 bits per heavy atom. The Balaban J connectivity index is 1.75. The molecule has 2 aromatic carbocycles. The first-order valence-corrected chi connectivity index (χ1v) is 8.66. The van der Waals surface area contributed by atoms with Crippen molar-refractivity contribution in [3.05, 3.63) is 65.5 Å². The van der Waals surface area contributed by atoms with Crippen LogP contribution in [0.2, 0.25) is 0 Å². The number of hydrogen-bond acceptors (Lipinski definition) is 4. The number of hydrogen-bond donors (Lipinski definition) is 0. The summed E-state index contributed by atoms with van der Waals surface area (Å²) in [7, 11) is 1.49. The average Bonchev–Trinajstić information content (AvgIpc) is 3.17. The van der Waals surface area contributed by atoms with Gasteiger partial charge in [-0.25, -0.2) is 4.39 Å². The number of carbonyl (C=O) groups excluding carboxylic acids is 2. The van der Waals surface area contributed by atoms with Crippen molar-refractivity contribution in [3.63, 3.8) is 0 Å². The number of Topliss-reactive ketones (excluding diaryl/α,β-unsaturated/α-hetero) is 1. The molecule has 136 valence electrons. The van der Waals surface area contributed by atoms with Gasteiger partial charge in [0, 0.05) is 0 Å². The molecule has 0 unspecified atom stereocenters. The van der Waals surface area contributed by atoms with Crippen LogP contribution in [0, 0.1) is 5.82 Å². The maximum Gasteiger partial charge on any atom is 0.317 e. The van der Waals surface area contributed by atoms with Crippen molar-refractivity contribution in [3.8, 4) is 5.75 Å². The van der Waals surface area contributed by atoms with Crippen molar-refractivity contribution in [2.45, 2.75) is 31.1 Å². The Morgan fingerprint density at radius 1 is 1.04 bits per heavy atom. The maximum absolute atomic E-state index is 13.2. The molecule has 5 heteroatoms. The second-order valence-corrected chi connectivity index (χ2v) is 6.50. The molecule has 0 spiro atoms. The summed E-state index contributed by atoms with van der Waals surface area (Å²) in [5.41, 5.74) is 0.325. The summed E-state index contributed by atoms with van der Waals surface area (Å²) in [6, 6.07) is 12.8. The van der Waals surface area contributed by atoms with Gasteiger partial charge in [-0.2, -0.15) is 0 Å². The van der Waals surface area contributed by atoms with Gasteiger partial charge in [-0.3, -0.25) is 9.59 Å². The van der Waals surface area contributed by atoms with Crippen LogP contribution in [0.4, 0.5) is 4.39 Å². The molecular formula is C21H21FO4. The number of methoxy groups -OCH3 is 1. The van der Waals surface area contributed by atoms with Gasteiger partial charge < -0.3 is 9.47 Å². The standard InChI is InChI=1S/C21H21FO4/c1-25-19-7-3-2-6-17(19)18(23)14-26-20(24)21(12-4-5-13-21)15-8-10-16(22)11-9-15/h2-3,6-11H,4-5,12-14H2,1H3. The van der Waals surface area contributed by atoms with Gasteiger partial charge in [0.25, 0.3) is 0 Å². The summed E-state index contributed by atoms with van der Waals surface area (Å²) in [5.74, 6) is -0.641. The molecule has 1 fully saturated rings. The quantitative estimate of drug-likeness (QED) is 0.578. The molecule has 0 aliphatic heterocycles. The minimum absolute atomic E-state index is 0.317. The summed E-state index contributed by atoms with van der Waals surface area (Å²) in [6.07, 6.45) is 3.07. The van der Waals surface area contributed by atoms with Gasteiger partial charge in [-0.1, -0.05) is 37.1 Å². The first kappa shape index (κ1) is 18.1. The topological polar surface area (TPSA) is 52.6 Å². The fourth-order valence-corrected chi connectivity index (χ4v) is 3.58. The highest BCUT2D eigenvalue weighted by atomic mass is 19.1. The second-order valence-electron chi connectivity index (χ2n) is 6.50. The SMILES string of the molecule is COc1ccccc1C(=O)COC(=O)C1(c2ccc(F)cc2)CCCC1. The largest absolute Gasteiger partial charge is 0.496 e. The van der Waals surface area contributed by atoms with E-state index in [-0.39, 0.29) is 18.2 Å². The van der Waals surface area contributed by atoms with Crippen LogP contribution in [0.3, 0.4) is 0 Å². The Labute approximate surface area is 151 Å². The first-order chi connectivity index (χ1) is 12.6. The highest BCUT2D eigenvalue weighted by Crippen LogP contribution is 2.42. The monoisotopic (exact) mass is 356 g/mol. The van der Waals surface area contributed by atoms with Crippen LogP contribution < -0.4 is 4.74 Å². The number of esters is 1. The normalized spacial score (nSPS) is 15.5. The molecule has 0 amide bonds. The van der Waals surface area contributed by atoms with E-state index in [0.29, 0.717) is 24.2 Å². The minimum Gasteiger partial charge on any atom is -0.496 e. The fourth-order valence-electron chi connectivity index (χ4n) is 3.58. The van der Waals surface area contributed by atoms with Gasteiger partial charge in [0.15, 0.2) is 6.61 Å². The zero-order chi connectivity index (χ0) is 18.6. The van der Waals surface area contributed by atoms with Crippen molar-refractivity contribution in [2.75, 3.05) is 13.7 Å². The van der Waals surface area contributed by atoms with Crippen molar-refractivity contribution in [1.29, 1.82) is 0 Å². The number of ketones is 1. The molecule has 0 N–H and O–H groups in total. The average molecular weight is 356 g/mol. The highest BCUT2D eigenvalue weighted by Gasteiger charge is 2.44. The van der Waals surface area contributed by atoms with Crippen molar-refractivity contribution >= 4 is 11.8 Å². The molecule has 0 heterocycles. The van der Waals surface area contributed by atoms with E-state index in [1.54, 1.807) is 36.4 Å². The van der Waals surface area contributed by atoms with Crippen LogP contribution in [0.25, 0.3) is 0 Å². The third kappa shape index (κ3) is 3.47. The fraction of sp³-hybridized carbons (Fsp3) is 0.333. The molecule has 2 aromatic rings. The van der Waals surface area contributed by atoms with E-state index >= 15 is 0 Å². The highest BCUT2D eigenvalue weighted by molar-refractivity contribution is 6.00. The molecule has 0 bridgehead atoms. The minimum atomic E-state index is -0.797. The molecule has 26 heavy (non-hydrogen) atoms. The van der Waals surface area contributed by atoms with Gasteiger partial charge in [0.05, 0.1) is 18.1 Å². The van der Waals surface area contributed by atoms with E-state index in [2.05, 4.69) is 0 Å². The van der Waals surface area contributed by atoms with E-state index < -0.39 is 11.4 Å². The van der Waals surface area contributed by atoms with Crippen LogP contribution in [0.5, 0.6) is 5.75 Å². The molecule has 1 saturated carbocycles. The molecule has 0 aromatic heterocycles. The summed E-state index contributed by atoms with van der Waals surface area (Å²) >= 11 is 0. The lowest BCUT2D eigenvalue weighted by molar-refractivity contribution is -0.149. The lowest BCUT2D eigenvalue weighted by atomic mass is 9.79. The zero-order valence-corrected chi connectivity index (χ0v) is 14.7. The van der Waals surface area contributed by atoms with E-state index in [1.165, 1.54) is 19.2 Å². The number of para-hydroxylation sites is 1. The van der Waals surface area contributed by atoms with Gasteiger partial charge in [-0.05, 0) is 42.7 Å². The Kier molecular flexibility index (Phi) is 5.35. The van der Waals surface area contributed by atoms with Gasteiger partial charge in [0.2, 0.25) is 5.78 Å². The summed E-state index contributed by atoms with van der Waals surface area (Å²) < 4.78 is 23.8. The van der Waals surface area contributed by atoms with Crippen molar-refractivity contribution < 1.29 is 23.5 Å². The number of benzene rings is 2. The van der Waals surface area contributed by atoms with Gasteiger partial charge >= 0.3 is 5.97 Å². The summed E-state index contributed by atoms with van der Waals surface area (Å²) in [5, 5.41) is 0. The van der Waals surface area contributed by atoms with Crippen LogP contribution in [-0.2, 0) is 14.9 Å². The van der Waals surface area contributed by atoms with Crippen LogP contribution in [0.15, 0.2) is 48.5 Å². The summed E-state index contributed by atoms with van der Waals surface area (Å²) in [4.78, 5) is 25.3. The summed E-state index contributed by atoms with van der Waals surface area (Å²) in [6.45, 7) is -0.345. The first-order valence-electron chi connectivity index (χ1n) is 8.66. The predicted octanol–water partition coefficient (Wildman–Crippen LogP) is 4.07. The smallest absolute Gasteiger partial charge is 0.317 e. The van der Waals surface area contributed by atoms with Gasteiger partial charge in [-0.15, -0.1) is 0 Å². The van der Waals surface area contributed by atoms with Crippen LogP contribution in [0.1, 0.15) is 41.6 Å². The van der Waals surface area contributed by atoms with E-state index in [0.717, 1.165) is 18.4 Å². The van der Waals surface area contributed by atoms with Crippen molar-refractivity contribution in [2.24, 2.45) is 0 Å². The maximum atomic E-state index is 13.2. The molecule has 0 radical (unpaired) electrons. The molecular weight excluding hydrogens is 335 g/mol. The molecule has 1 aliphatic rings. The lowest BCUT2D eigenvalue weighted by Crippen LogP contribution is -2.35. The Morgan fingerprint density at radius 3 is 2.35 bits per heavy atom. The number of ether oxygens (including phenoxy) is 2. The number of rotatable bonds is 6. The Hall–Kier alpha value is -2.69. The van der Waals surface area contributed by atoms with E-state index in [1.807, 2.05) is 0 Å². The molecule has 3 rings (SSSR count). The molecule has 0 atom stereocenters. The second kappa shape index (κ2) is 7.68. The zero-order valence-electron chi connectivity index (χ0n) is 14.7. The Bertz CT molecular complexity index is 792. The van der Waals surface area contributed by atoms with E-state index in [9.17, 15) is 14.0 Å². The van der Waals surface area contributed by atoms with Crippen molar-refractivity contribution in [1.82, 2.24) is 0 Å². The molecule has 1 aliphatic carbocycles. The lowest BCUT2D eigenvalue weighted by Gasteiger charge is -2.27. The number of halogens is 1.